The summed E-state index contributed by atoms with van der Waals surface area (Å²) in [7, 11) is 0. The quantitative estimate of drug-likeness (QED) is 0.633. The molecule has 7 nitrogen and oxygen atoms in total. The van der Waals surface area contributed by atoms with E-state index in [2.05, 4.69) is 10.4 Å². The molecule has 1 aliphatic rings. The van der Waals surface area contributed by atoms with E-state index in [1.807, 2.05) is 35.7 Å². The molecule has 8 heteroatoms. The highest BCUT2D eigenvalue weighted by atomic mass is 32.1. The first kappa shape index (κ1) is 18.5. The van der Waals surface area contributed by atoms with Crippen molar-refractivity contribution in [3.8, 4) is 16.5 Å². The normalized spacial score (nSPS) is 14.6. The van der Waals surface area contributed by atoms with E-state index >= 15 is 0 Å². The summed E-state index contributed by atoms with van der Waals surface area (Å²) in [5.41, 5.74) is -0.117. The third kappa shape index (κ3) is 4.01. The van der Waals surface area contributed by atoms with Gasteiger partial charge < -0.3 is 10.1 Å². The van der Waals surface area contributed by atoms with Crippen molar-refractivity contribution in [3.05, 3.63) is 58.3 Å². The first-order chi connectivity index (χ1) is 13.6. The van der Waals surface area contributed by atoms with Crippen molar-refractivity contribution in [1.82, 2.24) is 19.7 Å². The average Bonchev–Trinajstić information content (AvgIpc) is 3.27. The lowest BCUT2D eigenvalue weighted by Crippen LogP contribution is -2.39. The number of carbonyl (C=O) groups excluding carboxylic acids is 1. The second-order valence-electron chi connectivity index (χ2n) is 6.77. The number of rotatable bonds is 8. The van der Waals surface area contributed by atoms with Gasteiger partial charge >= 0.3 is 5.69 Å². The predicted molar refractivity (Wildman–Crippen MR) is 108 cm³/mol. The molecule has 0 bridgehead atoms. The Kier molecular flexibility index (Phi) is 5.29. The Labute approximate surface area is 166 Å². The minimum absolute atomic E-state index is 0.117. The van der Waals surface area contributed by atoms with E-state index in [-0.39, 0.29) is 17.6 Å². The van der Waals surface area contributed by atoms with Gasteiger partial charge in [0.1, 0.15) is 5.75 Å². The van der Waals surface area contributed by atoms with Crippen LogP contribution in [0.2, 0.25) is 0 Å². The van der Waals surface area contributed by atoms with Gasteiger partial charge in [0.2, 0.25) is 0 Å². The van der Waals surface area contributed by atoms with Gasteiger partial charge in [-0.3, -0.25) is 9.36 Å². The fraction of sp³-hybridized carbons (Fsp3) is 0.350. The molecule has 0 aliphatic heterocycles. The fourth-order valence-electron chi connectivity index (χ4n) is 2.99. The Bertz CT molecular complexity index is 990. The molecule has 4 rings (SSSR count). The monoisotopic (exact) mass is 398 g/mol. The molecule has 1 aliphatic carbocycles. The molecule has 1 fully saturated rings. The highest BCUT2D eigenvalue weighted by Gasteiger charge is 2.30. The van der Waals surface area contributed by atoms with Crippen LogP contribution in [-0.4, -0.2) is 32.9 Å². The van der Waals surface area contributed by atoms with Crippen LogP contribution >= 0.6 is 11.3 Å². The van der Waals surface area contributed by atoms with E-state index in [0.29, 0.717) is 18.8 Å². The molecule has 1 N–H and O–H groups in total. The summed E-state index contributed by atoms with van der Waals surface area (Å²) < 4.78 is 8.84. The molecule has 0 spiro atoms. The third-order valence-corrected chi connectivity index (χ3v) is 5.44. The molecule has 3 aromatic rings. The summed E-state index contributed by atoms with van der Waals surface area (Å²) in [6.45, 7) is 2.33. The minimum atomic E-state index is -0.621. The van der Waals surface area contributed by atoms with Crippen LogP contribution in [0.15, 0.2) is 52.6 Å². The Hall–Kier alpha value is -2.87. The molecular weight excluding hydrogens is 376 g/mol. The van der Waals surface area contributed by atoms with Crippen LogP contribution < -0.4 is 15.7 Å². The van der Waals surface area contributed by atoms with E-state index in [9.17, 15) is 9.59 Å². The van der Waals surface area contributed by atoms with E-state index in [4.69, 9.17) is 4.74 Å². The second kappa shape index (κ2) is 8.02. The molecule has 2 heterocycles. The molecule has 0 radical (unpaired) electrons. The van der Waals surface area contributed by atoms with Gasteiger partial charge in [-0.15, -0.1) is 16.4 Å². The number of ether oxygens (including phenoxy) is 1. The van der Waals surface area contributed by atoms with Crippen LogP contribution in [0.1, 0.15) is 25.8 Å². The van der Waals surface area contributed by atoms with Gasteiger partial charge in [-0.25, -0.2) is 9.48 Å². The molecule has 1 saturated carbocycles. The topological polar surface area (TPSA) is 78.2 Å². The molecule has 1 atom stereocenters. The number of carbonyl (C=O) groups is 1. The SMILES string of the molecule is C[C@@H](Oc1ccccc1)C(=O)NCCn1nc(-c2cccs2)n(C2CC2)c1=O. The van der Waals surface area contributed by atoms with Crippen LogP contribution in [0.4, 0.5) is 0 Å². The molecule has 28 heavy (non-hydrogen) atoms. The number of thiophene rings is 1. The van der Waals surface area contributed by atoms with Crippen LogP contribution in [0.3, 0.4) is 0 Å². The van der Waals surface area contributed by atoms with Crippen LogP contribution in [0, 0.1) is 0 Å². The third-order valence-electron chi connectivity index (χ3n) is 4.57. The zero-order valence-corrected chi connectivity index (χ0v) is 16.4. The standard InChI is InChI=1S/C20H22N4O3S/c1-14(27-16-6-3-2-4-7-16)19(25)21-11-12-23-20(26)24(15-9-10-15)18(22-23)17-8-5-13-28-17/h2-8,13-15H,9-12H2,1H3,(H,21,25)/t14-/m1/s1. The Morgan fingerprint density at radius 1 is 1.29 bits per heavy atom. The van der Waals surface area contributed by atoms with Crippen molar-refractivity contribution in [3.63, 3.8) is 0 Å². The summed E-state index contributed by atoms with van der Waals surface area (Å²) >= 11 is 1.57. The largest absolute Gasteiger partial charge is 0.481 e. The Morgan fingerprint density at radius 2 is 2.07 bits per heavy atom. The van der Waals surface area contributed by atoms with E-state index in [1.165, 1.54) is 4.68 Å². The summed E-state index contributed by atoms with van der Waals surface area (Å²) in [6.07, 6.45) is 1.40. The summed E-state index contributed by atoms with van der Waals surface area (Å²) in [6, 6.07) is 13.4. The molecule has 2 aromatic heterocycles. The average molecular weight is 398 g/mol. The van der Waals surface area contributed by atoms with Gasteiger partial charge in [-0.2, -0.15) is 0 Å². The number of aromatic nitrogens is 3. The van der Waals surface area contributed by atoms with Crippen molar-refractivity contribution in [2.24, 2.45) is 0 Å². The van der Waals surface area contributed by atoms with Gasteiger partial charge in [-0.05, 0) is 43.3 Å². The summed E-state index contributed by atoms with van der Waals surface area (Å²) in [5.74, 6) is 1.14. The zero-order chi connectivity index (χ0) is 19.5. The number of para-hydroxylation sites is 1. The van der Waals surface area contributed by atoms with E-state index in [1.54, 1.807) is 35.0 Å². The molecule has 146 valence electrons. The van der Waals surface area contributed by atoms with Crippen molar-refractivity contribution in [2.75, 3.05) is 6.54 Å². The van der Waals surface area contributed by atoms with Crippen molar-refractivity contribution < 1.29 is 9.53 Å². The lowest BCUT2D eigenvalue weighted by atomic mass is 10.3. The maximum absolute atomic E-state index is 12.7. The van der Waals surface area contributed by atoms with Crippen LogP contribution in [0.5, 0.6) is 5.75 Å². The molecular formula is C20H22N4O3S. The second-order valence-corrected chi connectivity index (χ2v) is 7.72. The van der Waals surface area contributed by atoms with Gasteiger partial charge in [0.05, 0.1) is 11.4 Å². The lowest BCUT2D eigenvalue weighted by molar-refractivity contribution is -0.127. The first-order valence-corrected chi connectivity index (χ1v) is 10.2. The van der Waals surface area contributed by atoms with E-state index in [0.717, 1.165) is 23.5 Å². The molecule has 1 aromatic carbocycles. The smallest absolute Gasteiger partial charge is 0.346 e. The van der Waals surface area contributed by atoms with E-state index < -0.39 is 6.10 Å². The van der Waals surface area contributed by atoms with Gasteiger partial charge in [-0.1, -0.05) is 24.3 Å². The fourth-order valence-corrected chi connectivity index (χ4v) is 3.69. The van der Waals surface area contributed by atoms with Gasteiger partial charge in [0, 0.05) is 12.6 Å². The highest BCUT2D eigenvalue weighted by molar-refractivity contribution is 7.13. The first-order valence-electron chi connectivity index (χ1n) is 9.36. The van der Waals surface area contributed by atoms with Gasteiger partial charge in [0.15, 0.2) is 11.9 Å². The van der Waals surface area contributed by atoms with Gasteiger partial charge in [0.25, 0.3) is 5.91 Å². The number of nitrogens with zero attached hydrogens (tertiary/aromatic N) is 3. The number of nitrogens with one attached hydrogen (secondary N) is 1. The van der Waals surface area contributed by atoms with Crippen molar-refractivity contribution >= 4 is 17.2 Å². The summed E-state index contributed by atoms with van der Waals surface area (Å²) in [5, 5.41) is 9.31. The van der Waals surface area contributed by atoms with Crippen LogP contribution in [-0.2, 0) is 11.3 Å². The number of hydrogen-bond acceptors (Lipinski definition) is 5. The van der Waals surface area contributed by atoms with Crippen LogP contribution in [0.25, 0.3) is 10.7 Å². The summed E-state index contributed by atoms with van der Waals surface area (Å²) in [4.78, 5) is 26.0. The molecule has 0 saturated heterocycles. The lowest BCUT2D eigenvalue weighted by Gasteiger charge is -2.14. The predicted octanol–water partition coefficient (Wildman–Crippen LogP) is 2.69. The highest BCUT2D eigenvalue weighted by Crippen LogP contribution is 2.37. The Morgan fingerprint density at radius 3 is 2.75 bits per heavy atom. The number of amides is 1. The maximum atomic E-state index is 12.7. The van der Waals surface area contributed by atoms with Crippen molar-refractivity contribution in [2.45, 2.75) is 38.5 Å². The van der Waals surface area contributed by atoms with Crippen molar-refractivity contribution in [1.29, 1.82) is 0 Å². The molecule has 1 amide bonds. The Balaban J connectivity index is 1.38. The minimum Gasteiger partial charge on any atom is -0.481 e. The number of benzene rings is 1. The zero-order valence-electron chi connectivity index (χ0n) is 15.6. The number of hydrogen-bond donors (Lipinski definition) is 1. The maximum Gasteiger partial charge on any atom is 0.346 e. The molecule has 0 unspecified atom stereocenters.